The summed E-state index contributed by atoms with van der Waals surface area (Å²) < 4.78 is 40.0. The number of hydrogen-bond donors (Lipinski definition) is 4. The average molecular weight is 903 g/mol. The molecular weight excluding hydrogens is 813 g/mol. The van der Waals surface area contributed by atoms with Gasteiger partial charge in [0.25, 0.3) is 0 Å². The number of unbranched alkanes of at least 4 members (excludes halogenated alkanes) is 16. The molecule has 0 aromatic rings. The zero-order valence-electron chi connectivity index (χ0n) is 39.4. The molecule has 1 aliphatic heterocycles. The number of ether oxygens (including phenoxy) is 3. The van der Waals surface area contributed by atoms with E-state index in [1.165, 1.54) is 64.2 Å². The summed E-state index contributed by atoms with van der Waals surface area (Å²) in [5.41, 5.74) is 0. The Morgan fingerprint density at radius 1 is 0.742 bits per heavy atom. The third-order valence-corrected chi connectivity index (χ3v) is 11.9. The van der Waals surface area contributed by atoms with E-state index in [1.807, 2.05) is 33.3 Å². The molecule has 0 radical (unpaired) electrons. The molecule has 7 atom stereocenters. The second kappa shape index (κ2) is 36.3. The lowest BCUT2D eigenvalue weighted by atomic mass is 9.87. The molecule has 362 valence electrons. The van der Waals surface area contributed by atoms with Gasteiger partial charge in [-0.2, -0.15) is 0 Å². The number of phosphoric ester groups is 1. The predicted octanol–water partition coefficient (Wildman–Crippen LogP) is 9.80. The van der Waals surface area contributed by atoms with Crippen LogP contribution < -0.4 is 0 Å². The third kappa shape index (κ3) is 33.6. The summed E-state index contributed by atoms with van der Waals surface area (Å²) >= 11 is 0. The molecule has 0 bridgehead atoms. The number of aliphatic hydroxyl groups excluding tert-OH is 3. The first-order valence-corrected chi connectivity index (χ1v) is 25.6. The van der Waals surface area contributed by atoms with Crippen LogP contribution in [0.2, 0.25) is 0 Å². The highest BCUT2D eigenvalue weighted by Gasteiger charge is 2.35. The number of rotatable bonds is 39. The van der Waals surface area contributed by atoms with Crippen LogP contribution in [0.1, 0.15) is 174 Å². The highest BCUT2D eigenvalue weighted by molar-refractivity contribution is 7.47. The first-order valence-electron chi connectivity index (χ1n) is 24.1. The van der Waals surface area contributed by atoms with E-state index in [-0.39, 0.29) is 38.4 Å². The number of nitrogens with zero attached hydrogens (tertiary/aromatic N) is 1. The second-order valence-electron chi connectivity index (χ2n) is 18.0. The molecule has 14 heteroatoms. The minimum Gasteiger partial charge on any atom is -0.462 e. The molecular formula is C48H89NO12P+. The quantitative estimate of drug-likeness (QED) is 0.0151. The molecule has 1 saturated heterocycles. The lowest BCUT2D eigenvalue weighted by molar-refractivity contribution is -0.870. The van der Waals surface area contributed by atoms with Crippen molar-refractivity contribution in [2.24, 2.45) is 5.92 Å². The van der Waals surface area contributed by atoms with Crippen LogP contribution in [-0.4, -0.2) is 115 Å². The number of carbonyl (C=O) groups is 2. The molecule has 1 fully saturated rings. The van der Waals surface area contributed by atoms with Gasteiger partial charge in [0.05, 0.1) is 46.1 Å². The van der Waals surface area contributed by atoms with E-state index in [1.54, 1.807) is 12.2 Å². The van der Waals surface area contributed by atoms with Crippen LogP contribution in [0.5, 0.6) is 0 Å². The number of quaternary nitrogens is 1. The summed E-state index contributed by atoms with van der Waals surface area (Å²) in [5, 5.41) is 31.1. The molecule has 0 aromatic carbocycles. The van der Waals surface area contributed by atoms with Gasteiger partial charge in [-0.1, -0.05) is 134 Å². The van der Waals surface area contributed by atoms with Crippen LogP contribution in [-0.2, 0) is 37.4 Å². The van der Waals surface area contributed by atoms with Crippen LogP contribution >= 0.6 is 7.82 Å². The first kappa shape index (κ1) is 58.1. The third-order valence-electron chi connectivity index (χ3n) is 10.9. The molecule has 0 saturated carbocycles. The summed E-state index contributed by atoms with van der Waals surface area (Å²) in [6.45, 7) is 3.99. The molecule has 1 heterocycles. The van der Waals surface area contributed by atoms with E-state index in [0.717, 1.165) is 44.9 Å². The monoisotopic (exact) mass is 903 g/mol. The number of carbonyl (C=O) groups excluding carboxylic acids is 2. The van der Waals surface area contributed by atoms with E-state index in [0.29, 0.717) is 43.1 Å². The van der Waals surface area contributed by atoms with Crippen molar-refractivity contribution in [1.82, 2.24) is 0 Å². The standard InChI is InChI=1S/C48H88NO12P/c1-6-8-10-11-12-13-14-15-16-17-18-19-20-21-22-23-28-32-46(52)57-39-42(40-59-62(55,56)58-37-36-49(3,4)5)60-47(53)33-29-25-24-27-31-43-44(51)38-48(54)61-45(43)35-34-41(50)30-26-9-7-2/h15-16,24,27,34-35,41-45,48,50-51,54H,6-14,17-23,25-26,28-33,36-40H2,1-5H3/p+1/b16-15-,27-24-,35-34+/t41-,42+,43-,44-,45+,48?/m0/s1. The first-order chi connectivity index (χ1) is 29.7. The largest absolute Gasteiger partial charge is 0.472 e. The summed E-state index contributed by atoms with van der Waals surface area (Å²) in [7, 11) is 1.31. The Morgan fingerprint density at radius 2 is 1.31 bits per heavy atom. The average Bonchev–Trinajstić information content (AvgIpc) is 3.20. The summed E-state index contributed by atoms with van der Waals surface area (Å²) in [5.74, 6) is -1.31. The lowest BCUT2D eigenvalue weighted by Crippen LogP contribution is -2.43. The lowest BCUT2D eigenvalue weighted by Gasteiger charge is -2.36. The maximum Gasteiger partial charge on any atom is 0.472 e. The van der Waals surface area contributed by atoms with Crippen LogP contribution in [0, 0.1) is 5.92 Å². The maximum atomic E-state index is 12.8. The van der Waals surface area contributed by atoms with E-state index in [2.05, 4.69) is 26.0 Å². The molecule has 0 spiro atoms. The molecule has 1 rings (SSSR count). The van der Waals surface area contributed by atoms with Gasteiger partial charge in [-0.05, 0) is 57.8 Å². The molecule has 62 heavy (non-hydrogen) atoms. The number of phosphoric acid groups is 1. The van der Waals surface area contributed by atoms with Crippen molar-refractivity contribution in [2.45, 2.75) is 205 Å². The highest BCUT2D eigenvalue weighted by Crippen LogP contribution is 2.43. The number of esters is 2. The van der Waals surface area contributed by atoms with Crippen molar-refractivity contribution >= 4 is 19.8 Å². The van der Waals surface area contributed by atoms with Gasteiger partial charge < -0.3 is 38.9 Å². The van der Waals surface area contributed by atoms with Gasteiger partial charge in [-0.15, -0.1) is 0 Å². The molecule has 2 unspecified atom stereocenters. The molecule has 4 N–H and O–H groups in total. The van der Waals surface area contributed by atoms with Gasteiger partial charge in [0.1, 0.15) is 19.8 Å². The summed E-state index contributed by atoms with van der Waals surface area (Å²) in [6, 6.07) is 0. The van der Waals surface area contributed by atoms with Crippen molar-refractivity contribution in [3.8, 4) is 0 Å². The van der Waals surface area contributed by atoms with Crippen LogP contribution in [0.3, 0.4) is 0 Å². The van der Waals surface area contributed by atoms with Crippen LogP contribution in [0.25, 0.3) is 0 Å². The van der Waals surface area contributed by atoms with Crippen molar-refractivity contribution < 1.29 is 62.1 Å². The number of allylic oxidation sites excluding steroid dienone is 4. The zero-order valence-corrected chi connectivity index (χ0v) is 40.3. The van der Waals surface area contributed by atoms with Crippen molar-refractivity contribution in [3.63, 3.8) is 0 Å². The second-order valence-corrected chi connectivity index (χ2v) is 19.5. The molecule has 0 amide bonds. The van der Waals surface area contributed by atoms with Crippen LogP contribution in [0.15, 0.2) is 36.5 Å². The Kier molecular flexibility index (Phi) is 34.0. The smallest absolute Gasteiger partial charge is 0.462 e. The van der Waals surface area contributed by atoms with Crippen molar-refractivity contribution in [2.75, 3.05) is 47.5 Å². The Labute approximate surface area is 375 Å². The Morgan fingerprint density at radius 3 is 1.95 bits per heavy atom. The summed E-state index contributed by atoms with van der Waals surface area (Å²) in [4.78, 5) is 35.7. The number of likely N-dealkylation sites (N-methyl/N-ethyl adjacent to an activating group) is 1. The van der Waals surface area contributed by atoms with Crippen LogP contribution in [0.4, 0.5) is 0 Å². The number of hydrogen-bond acceptors (Lipinski definition) is 11. The van der Waals surface area contributed by atoms with E-state index >= 15 is 0 Å². The summed E-state index contributed by atoms with van der Waals surface area (Å²) in [6.07, 6.45) is 30.9. The van der Waals surface area contributed by atoms with Gasteiger partial charge in [0.15, 0.2) is 12.4 Å². The fraction of sp³-hybridized carbons (Fsp3) is 0.833. The van der Waals surface area contributed by atoms with Crippen molar-refractivity contribution in [1.29, 1.82) is 0 Å². The van der Waals surface area contributed by atoms with Gasteiger partial charge in [0.2, 0.25) is 0 Å². The maximum absolute atomic E-state index is 12.8. The fourth-order valence-corrected chi connectivity index (χ4v) is 7.79. The minimum absolute atomic E-state index is 0.0186. The normalized spacial score (nSPS) is 20.5. The van der Waals surface area contributed by atoms with Gasteiger partial charge >= 0.3 is 19.8 Å². The highest BCUT2D eigenvalue weighted by atomic mass is 31.2. The Bertz CT molecular complexity index is 1270. The van der Waals surface area contributed by atoms with Gasteiger partial charge in [-0.25, -0.2) is 4.57 Å². The van der Waals surface area contributed by atoms with Gasteiger partial charge in [0, 0.05) is 25.2 Å². The fourth-order valence-electron chi connectivity index (χ4n) is 7.05. The van der Waals surface area contributed by atoms with Gasteiger partial charge in [-0.3, -0.25) is 18.6 Å². The topological polar surface area (TPSA) is 178 Å². The van der Waals surface area contributed by atoms with E-state index in [9.17, 15) is 34.4 Å². The predicted molar refractivity (Wildman–Crippen MR) is 246 cm³/mol. The van der Waals surface area contributed by atoms with E-state index < -0.39 is 57.1 Å². The Balaban J connectivity index is 2.50. The minimum atomic E-state index is -4.46. The molecule has 0 aliphatic carbocycles. The molecule has 1 aliphatic rings. The zero-order chi connectivity index (χ0) is 45.9. The number of aliphatic hydroxyl groups is 3. The SMILES string of the molecule is CCCCCCCC/C=C\CCCCCCCCCC(=O)OC[C@H](COP(=O)(O)OCC[N+](C)(C)C)OC(=O)CCC/C=C\C[C@H]1[C@@H](O)CC(O)O[C@@H]1/C=C/[C@@H](O)CCCCC. The molecule has 13 nitrogen and oxygen atoms in total. The van der Waals surface area contributed by atoms with E-state index in [4.69, 9.17) is 23.3 Å². The molecule has 0 aromatic heterocycles. The van der Waals surface area contributed by atoms with Crippen molar-refractivity contribution in [3.05, 3.63) is 36.5 Å². The Hall–Kier alpha value is -1.93.